The Bertz CT molecular complexity index is 1560. The van der Waals surface area contributed by atoms with Gasteiger partial charge in [0.25, 0.3) is 0 Å². The van der Waals surface area contributed by atoms with Crippen molar-refractivity contribution in [3.63, 3.8) is 0 Å². The molecule has 0 saturated carbocycles. The van der Waals surface area contributed by atoms with Crippen LogP contribution in [-0.2, 0) is 40.1 Å². The van der Waals surface area contributed by atoms with E-state index < -0.39 is 40.1 Å². The molecule has 4 aliphatic carbocycles. The minimum atomic E-state index is -2.04. The maximum atomic E-state index is 2.61. The van der Waals surface area contributed by atoms with Crippen LogP contribution in [0, 0.1) is 45.3 Å². The van der Waals surface area contributed by atoms with E-state index in [4.69, 9.17) is 0 Å². The Morgan fingerprint density at radius 1 is 0.370 bits per heavy atom. The van der Waals surface area contributed by atoms with Crippen LogP contribution in [0.15, 0.2) is 82.2 Å². The third-order valence-electron chi connectivity index (χ3n) is 12.0. The monoisotopic (exact) mass is 1140 g/mol. The third kappa shape index (κ3) is 11.1. The molecule has 4 unspecified atom stereocenters. The molecule has 0 nitrogen and oxygen atoms in total. The van der Waals surface area contributed by atoms with Crippen LogP contribution in [0.3, 0.4) is 0 Å². The summed E-state index contributed by atoms with van der Waals surface area (Å²) in [5.74, 6) is 2.66. The van der Waals surface area contributed by atoms with Gasteiger partial charge >= 0.3 is 343 Å². The topological polar surface area (TPSA) is 0 Å². The van der Waals surface area contributed by atoms with Gasteiger partial charge in [-0.1, -0.05) is 0 Å². The van der Waals surface area contributed by atoms with Gasteiger partial charge in [-0.2, -0.15) is 0 Å². The zero-order valence-corrected chi connectivity index (χ0v) is 50.3. The third-order valence-corrected chi connectivity index (χ3v) is 64.1. The summed E-state index contributed by atoms with van der Waals surface area (Å²) in [6, 6.07) is 0. The van der Waals surface area contributed by atoms with Gasteiger partial charge in [-0.3, -0.25) is 0 Å². The summed E-state index contributed by atoms with van der Waals surface area (Å²) in [4.78, 5) is 0. The van der Waals surface area contributed by atoms with Crippen LogP contribution in [0.1, 0.15) is 138 Å². The van der Waals surface area contributed by atoms with Gasteiger partial charge in [0.2, 0.25) is 0 Å². The van der Waals surface area contributed by atoms with Gasteiger partial charge < -0.3 is 0 Å². The van der Waals surface area contributed by atoms with E-state index >= 15 is 0 Å². The molecule has 4 aliphatic rings. The van der Waals surface area contributed by atoms with Crippen molar-refractivity contribution >= 4 is 35.8 Å². The molecule has 0 heterocycles. The first-order valence-electron chi connectivity index (χ1n) is 20.5. The second kappa shape index (κ2) is 18.9. The molecule has 0 amide bonds. The summed E-state index contributed by atoms with van der Waals surface area (Å²) in [7, 11) is 0. The van der Waals surface area contributed by atoms with Gasteiger partial charge in [0.15, 0.2) is 0 Å². The number of rotatable bonds is 4. The molecule has 0 spiro atoms. The number of hydrogen-bond donors (Lipinski definition) is 0. The summed E-state index contributed by atoms with van der Waals surface area (Å²) in [6.45, 7) is 58.7. The standard InChI is InChI=1S/4C11H17.2C2H6Si.2ClH.2Hf/c4*1-8-6-9(2)10(7-8)11(3,4)5;2*1-3-2;;;;/h4*7-8H,1-5H3;2*1-2H3;2*1H;;. The number of hydrogen-bond acceptors (Lipinski definition) is 0. The molecule has 4 rings (SSSR count). The van der Waals surface area contributed by atoms with Crippen LogP contribution in [0.25, 0.3) is 0 Å². The molecule has 0 radical (unpaired) electrons. The molecule has 0 bridgehead atoms. The Labute approximate surface area is 364 Å². The van der Waals surface area contributed by atoms with Crippen molar-refractivity contribution in [3.8, 4) is 0 Å². The predicted octanol–water partition coefficient (Wildman–Crippen LogP) is 16.1. The van der Waals surface area contributed by atoms with Crippen molar-refractivity contribution in [2.24, 2.45) is 45.3 Å². The zero-order valence-electron chi connectivity index (χ0n) is 39.4. The van der Waals surface area contributed by atoms with E-state index in [1.54, 1.807) is 44.6 Å². The fourth-order valence-corrected chi connectivity index (χ4v) is 66.2. The number of allylic oxidation sites excluding steroid dienone is 16. The van der Waals surface area contributed by atoms with Gasteiger partial charge in [-0.05, 0) is 0 Å². The Morgan fingerprint density at radius 2 is 0.519 bits per heavy atom. The van der Waals surface area contributed by atoms with Crippen LogP contribution in [0.5, 0.6) is 0 Å². The largest absolute Gasteiger partial charge is 0.147 e. The molecule has 0 N–H and O–H groups in total. The second-order valence-electron chi connectivity index (χ2n) is 21.4. The Hall–Kier alpha value is 0.674. The summed E-state index contributed by atoms with van der Waals surface area (Å²) < 4.78 is 7.74. The fraction of sp³-hybridized carbons (Fsp3) is 0.667. The normalized spacial score (nSPS) is 23.4. The Kier molecular flexibility index (Phi) is 18.5. The van der Waals surface area contributed by atoms with Gasteiger partial charge in [0, 0.05) is 0 Å². The molecular formula is C48H82Cl2Hf2Si2. The minimum absolute atomic E-state index is 0. The van der Waals surface area contributed by atoms with Crippen LogP contribution in [0.2, 0.25) is 26.2 Å². The Balaban J connectivity index is 0.000000521. The molecule has 0 aliphatic heterocycles. The quantitative estimate of drug-likeness (QED) is 0.246. The van der Waals surface area contributed by atoms with E-state index in [-0.39, 0.29) is 57.5 Å². The average molecular weight is 1140 g/mol. The molecule has 0 aromatic heterocycles. The fourth-order valence-electron chi connectivity index (χ4n) is 10.1. The SMILES string of the molecule is CC1=[C]([Hf]([C]2=C(C)C(C(C)(C)C)=CC2C)=[Si](C)C)C(C)C=C1C(C)(C)C.CC1=[C]([Hf]([C]2=C(C)C(C(C)(C)C)=CC2C)=[Si](C)C)C(C)C=C1C(C)(C)C.Cl.Cl. The average Bonchev–Trinajstić information content (AvgIpc) is 3.63. The van der Waals surface area contributed by atoms with Crippen LogP contribution in [-0.4, -0.2) is 11.0 Å². The predicted molar refractivity (Wildman–Crippen MR) is 247 cm³/mol. The van der Waals surface area contributed by atoms with Gasteiger partial charge in [0.1, 0.15) is 0 Å². The minimum Gasteiger partial charge on any atom is -0.147 e. The zero-order chi connectivity index (χ0) is 40.4. The van der Waals surface area contributed by atoms with E-state index in [0.717, 1.165) is 0 Å². The van der Waals surface area contributed by atoms with Crippen molar-refractivity contribution in [2.45, 2.75) is 165 Å². The van der Waals surface area contributed by atoms with Crippen molar-refractivity contribution in [1.82, 2.24) is 0 Å². The second-order valence-corrected chi connectivity index (χ2v) is 68.3. The van der Waals surface area contributed by atoms with Gasteiger partial charge in [-0.15, -0.1) is 24.8 Å². The molecule has 54 heavy (non-hydrogen) atoms. The number of halogens is 2. The summed E-state index contributed by atoms with van der Waals surface area (Å²) >= 11 is -4.09. The van der Waals surface area contributed by atoms with Crippen molar-refractivity contribution < 1.29 is 40.1 Å². The van der Waals surface area contributed by atoms with E-state index in [2.05, 4.69) is 189 Å². The van der Waals surface area contributed by atoms with Crippen molar-refractivity contribution in [3.05, 3.63) is 82.2 Å². The molecule has 0 saturated heterocycles. The first kappa shape index (κ1) is 52.7. The molecule has 0 aromatic rings. The molecule has 0 fully saturated rings. The van der Waals surface area contributed by atoms with E-state index in [9.17, 15) is 0 Å². The van der Waals surface area contributed by atoms with E-state index in [1.165, 1.54) is 0 Å². The van der Waals surface area contributed by atoms with Gasteiger partial charge in [0.05, 0.1) is 0 Å². The smallest absolute Gasteiger partial charge is 0.147 e. The summed E-state index contributed by atoms with van der Waals surface area (Å²) in [5, 5.41) is 0. The molecule has 6 heteroatoms. The van der Waals surface area contributed by atoms with Crippen LogP contribution < -0.4 is 0 Å². The van der Waals surface area contributed by atoms with E-state index in [0.29, 0.717) is 23.7 Å². The van der Waals surface area contributed by atoms with Crippen molar-refractivity contribution in [2.75, 3.05) is 0 Å². The van der Waals surface area contributed by atoms with Crippen molar-refractivity contribution in [1.29, 1.82) is 0 Å². The first-order chi connectivity index (χ1) is 23.3. The van der Waals surface area contributed by atoms with Crippen LogP contribution >= 0.6 is 24.8 Å². The van der Waals surface area contributed by atoms with Gasteiger partial charge in [-0.25, -0.2) is 0 Å². The molecule has 0 aromatic carbocycles. The summed E-state index contributed by atoms with van der Waals surface area (Å²) in [6.07, 6.45) is 10.4. The molecular weight excluding hydrogens is 1060 g/mol. The summed E-state index contributed by atoms with van der Waals surface area (Å²) in [5.41, 5.74) is 13.7. The first-order valence-corrected chi connectivity index (χ1v) is 43.4. The maximum Gasteiger partial charge on any atom is -0.147 e. The van der Waals surface area contributed by atoms with E-state index in [1.807, 2.05) is 13.3 Å². The van der Waals surface area contributed by atoms with Crippen LogP contribution in [0.4, 0.5) is 0 Å². The Morgan fingerprint density at radius 3 is 0.611 bits per heavy atom. The molecule has 4 atom stereocenters. The molecule has 304 valence electrons. The maximum absolute atomic E-state index is 2.61.